The molecule has 1 saturated carbocycles. The van der Waals surface area contributed by atoms with Gasteiger partial charge in [-0.15, -0.1) is 0 Å². The Hall–Kier alpha value is -0.800. The highest BCUT2D eigenvalue weighted by Crippen LogP contribution is 2.48. The second-order valence-electron chi connectivity index (χ2n) is 6.72. The highest BCUT2D eigenvalue weighted by molar-refractivity contribution is 5.19. The summed E-state index contributed by atoms with van der Waals surface area (Å²) in [6, 6.07) is 4.57. The van der Waals surface area contributed by atoms with Gasteiger partial charge in [0.15, 0.2) is 0 Å². The second kappa shape index (κ2) is 4.95. The van der Waals surface area contributed by atoms with Gasteiger partial charge in [-0.2, -0.15) is 0 Å². The summed E-state index contributed by atoms with van der Waals surface area (Å²) in [6.45, 7) is 9.87. The number of likely N-dealkylation sites (tertiary alicyclic amines) is 1. The third-order valence-corrected chi connectivity index (χ3v) is 5.13. The van der Waals surface area contributed by atoms with Gasteiger partial charge in [0.2, 0.25) is 0 Å². The minimum atomic E-state index is 0.259. The Bertz CT molecular complexity index is 432. The van der Waals surface area contributed by atoms with Gasteiger partial charge in [0, 0.05) is 25.6 Å². The summed E-state index contributed by atoms with van der Waals surface area (Å²) in [6.07, 6.45) is 1.28. The molecule has 1 aromatic rings. The van der Waals surface area contributed by atoms with Crippen LogP contribution in [-0.2, 0) is 0 Å². The summed E-state index contributed by atoms with van der Waals surface area (Å²) in [5.74, 6) is 5.20. The molecule has 0 aromatic carbocycles. The maximum atomic E-state index is 6.09. The molecule has 5 atom stereocenters. The Balaban J connectivity index is 1.73. The second-order valence-corrected chi connectivity index (χ2v) is 6.72. The first-order valence-electron chi connectivity index (χ1n) is 7.64. The van der Waals surface area contributed by atoms with Gasteiger partial charge in [-0.1, -0.05) is 20.8 Å². The third-order valence-electron chi connectivity index (χ3n) is 5.13. The Morgan fingerprint density at radius 2 is 1.84 bits per heavy atom. The largest absolute Gasteiger partial charge is 0.464 e. The van der Waals surface area contributed by atoms with Crippen molar-refractivity contribution in [3.8, 4) is 0 Å². The van der Waals surface area contributed by atoms with Crippen molar-refractivity contribution in [2.24, 2.45) is 23.5 Å². The molecule has 3 rings (SSSR count). The molecule has 1 saturated heterocycles. The molecule has 1 aromatic heterocycles. The van der Waals surface area contributed by atoms with Crippen molar-refractivity contribution in [1.29, 1.82) is 0 Å². The molecule has 2 heterocycles. The van der Waals surface area contributed by atoms with Crippen LogP contribution in [0.25, 0.3) is 0 Å². The first-order chi connectivity index (χ1) is 9.10. The van der Waals surface area contributed by atoms with Crippen LogP contribution in [0.2, 0.25) is 0 Å². The quantitative estimate of drug-likeness (QED) is 0.907. The van der Waals surface area contributed by atoms with Crippen LogP contribution in [0.4, 0.5) is 0 Å². The van der Waals surface area contributed by atoms with E-state index in [0.717, 1.165) is 36.6 Å². The zero-order valence-electron chi connectivity index (χ0n) is 12.3. The van der Waals surface area contributed by atoms with Crippen LogP contribution in [0, 0.1) is 17.8 Å². The number of furan rings is 1. The van der Waals surface area contributed by atoms with Gasteiger partial charge in [-0.25, -0.2) is 0 Å². The van der Waals surface area contributed by atoms with E-state index in [1.807, 2.05) is 0 Å². The molecule has 3 nitrogen and oxygen atoms in total. The molecular formula is C16H26N2O. The number of nitrogens with two attached hydrogens (primary N) is 1. The van der Waals surface area contributed by atoms with Crippen LogP contribution in [-0.4, -0.2) is 24.5 Å². The fourth-order valence-electron chi connectivity index (χ4n) is 3.34. The average molecular weight is 262 g/mol. The minimum absolute atomic E-state index is 0.259. The Kier molecular flexibility index (Phi) is 3.44. The molecule has 1 aliphatic carbocycles. The van der Waals surface area contributed by atoms with E-state index in [2.05, 4.69) is 37.8 Å². The van der Waals surface area contributed by atoms with Gasteiger partial charge in [0.1, 0.15) is 11.5 Å². The molecule has 0 amide bonds. The summed E-state index contributed by atoms with van der Waals surface area (Å²) < 4.78 is 6.09. The lowest BCUT2D eigenvalue weighted by molar-refractivity contribution is 0.209. The topological polar surface area (TPSA) is 42.4 Å². The molecule has 0 spiro atoms. The number of rotatable bonds is 4. The Labute approximate surface area is 116 Å². The van der Waals surface area contributed by atoms with Gasteiger partial charge < -0.3 is 10.2 Å². The lowest BCUT2D eigenvalue weighted by atomic mass is 10.0. The standard InChI is InChI=1S/C16H26N2O/c1-10-6-13(10)15-4-5-16(19-15)14(7-17)18-8-11(2)12(3)9-18/h4-5,10-14H,6-9,17H2,1-3H3. The fraction of sp³-hybridized carbons (Fsp3) is 0.750. The SMILES string of the molecule is CC1CN(C(CN)c2ccc(C3CC3C)o2)CC1C. The van der Waals surface area contributed by atoms with Crippen molar-refractivity contribution in [2.45, 2.75) is 39.2 Å². The first kappa shape index (κ1) is 13.2. The molecule has 19 heavy (non-hydrogen) atoms. The van der Waals surface area contributed by atoms with Crippen molar-refractivity contribution in [1.82, 2.24) is 4.90 Å². The van der Waals surface area contributed by atoms with Crippen molar-refractivity contribution < 1.29 is 4.42 Å². The third kappa shape index (κ3) is 2.46. The summed E-state index contributed by atoms with van der Waals surface area (Å²) in [5, 5.41) is 0. The van der Waals surface area contributed by atoms with E-state index < -0.39 is 0 Å². The van der Waals surface area contributed by atoms with Gasteiger partial charge in [-0.05, 0) is 36.3 Å². The van der Waals surface area contributed by atoms with Crippen LogP contribution in [0.1, 0.15) is 50.7 Å². The lowest BCUT2D eigenvalue weighted by Gasteiger charge is -2.24. The summed E-state index contributed by atoms with van der Waals surface area (Å²) in [5.41, 5.74) is 6.00. The molecule has 106 valence electrons. The van der Waals surface area contributed by atoms with Gasteiger partial charge in [0.05, 0.1) is 6.04 Å². The van der Waals surface area contributed by atoms with Crippen LogP contribution in [0.15, 0.2) is 16.5 Å². The van der Waals surface area contributed by atoms with E-state index >= 15 is 0 Å². The number of hydrogen-bond acceptors (Lipinski definition) is 3. The van der Waals surface area contributed by atoms with E-state index in [1.54, 1.807) is 0 Å². The lowest BCUT2D eigenvalue weighted by Crippen LogP contribution is -2.32. The Morgan fingerprint density at radius 1 is 1.21 bits per heavy atom. The summed E-state index contributed by atoms with van der Waals surface area (Å²) in [4.78, 5) is 2.49. The van der Waals surface area contributed by atoms with E-state index in [-0.39, 0.29) is 6.04 Å². The molecular weight excluding hydrogens is 236 g/mol. The van der Waals surface area contributed by atoms with E-state index in [1.165, 1.54) is 12.2 Å². The number of hydrogen-bond donors (Lipinski definition) is 1. The van der Waals surface area contributed by atoms with Crippen molar-refractivity contribution >= 4 is 0 Å². The maximum absolute atomic E-state index is 6.09. The molecule has 3 heteroatoms. The van der Waals surface area contributed by atoms with Crippen molar-refractivity contribution in [2.75, 3.05) is 19.6 Å². The number of nitrogens with zero attached hydrogens (tertiary/aromatic N) is 1. The molecule has 1 aliphatic heterocycles. The van der Waals surface area contributed by atoms with Crippen molar-refractivity contribution in [3.63, 3.8) is 0 Å². The van der Waals surface area contributed by atoms with E-state index in [9.17, 15) is 0 Å². The highest BCUT2D eigenvalue weighted by Gasteiger charge is 2.38. The normalized spacial score (nSPS) is 36.6. The minimum Gasteiger partial charge on any atom is -0.464 e. The average Bonchev–Trinajstić information content (AvgIpc) is 2.79. The Morgan fingerprint density at radius 3 is 2.37 bits per heavy atom. The van der Waals surface area contributed by atoms with Crippen LogP contribution < -0.4 is 5.73 Å². The van der Waals surface area contributed by atoms with Crippen LogP contribution >= 0.6 is 0 Å². The monoisotopic (exact) mass is 262 g/mol. The maximum Gasteiger partial charge on any atom is 0.122 e. The molecule has 2 aliphatic rings. The van der Waals surface area contributed by atoms with Gasteiger partial charge >= 0.3 is 0 Å². The first-order valence-corrected chi connectivity index (χ1v) is 7.64. The highest BCUT2D eigenvalue weighted by atomic mass is 16.3. The van der Waals surface area contributed by atoms with E-state index in [4.69, 9.17) is 10.2 Å². The van der Waals surface area contributed by atoms with Gasteiger partial charge in [-0.3, -0.25) is 4.90 Å². The molecule has 2 fully saturated rings. The zero-order valence-corrected chi connectivity index (χ0v) is 12.3. The molecule has 0 radical (unpaired) electrons. The summed E-state index contributed by atoms with van der Waals surface area (Å²) in [7, 11) is 0. The molecule has 5 unspecified atom stereocenters. The predicted molar refractivity (Wildman–Crippen MR) is 76.9 cm³/mol. The predicted octanol–water partition coefficient (Wildman–Crippen LogP) is 2.99. The van der Waals surface area contributed by atoms with Crippen LogP contribution in [0.5, 0.6) is 0 Å². The van der Waals surface area contributed by atoms with Crippen LogP contribution in [0.3, 0.4) is 0 Å². The molecule has 0 bridgehead atoms. The van der Waals surface area contributed by atoms with Crippen molar-refractivity contribution in [3.05, 3.63) is 23.7 Å². The fourth-order valence-corrected chi connectivity index (χ4v) is 3.34. The smallest absolute Gasteiger partial charge is 0.122 e. The van der Waals surface area contributed by atoms with Gasteiger partial charge in [0.25, 0.3) is 0 Å². The summed E-state index contributed by atoms with van der Waals surface area (Å²) >= 11 is 0. The molecule has 2 N–H and O–H groups in total. The van der Waals surface area contributed by atoms with E-state index in [0.29, 0.717) is 12.5 Å². The zero-order chi connectivity index (χ0) is 13.6.